The number of fused-ring (bicyclic) bond motifs is 2. The van der Waals surface area contributed by atoms with Crippen LogP contribution in [0.3, 0.4) is 0 Å². The van der Waals surface area contributed by atoms with Gasteiger partial charge in [0.1, 0.15) is 0 Å². The second-order valence-electron chi connectivity index (χ2n) is 7.91. The molecule has 0 radical (unpaired) electrons. The van der Waals surface area contributed by atoms with Crippen molar-refractivity contribution < 1.29 is 10.2 Å². The Kier molecular flexibility index (Phi) is 3.58. The van der Waals surface area contributed by atoms with Crippen LogP contribution in [0.15, 0.2) is 28.7 Å². The molecule has 2 fully saturated rings. The summed E-state index contributed by atoms with van der Waals surface area (Å²) in [5, 5.41) is 26.4. The molecule has 1 aromatic heterocycles. The molecule has 0 saturated heterocycles. The molecule has 6 heteroatoms. The predicted molar refractivity (Wildman–Crippen MR) is 101 cm³/mol. The van der Waals surface area contributed by atoms with E-state index in [1.165, 1.54) is 42.0 Å². The Morgan fingerprint density at radius 1 is 1.24 bits per heavy atom. The maximum absolute atomic E-state index is 9.64. The molecule has 0 spiro atoms. The van der Waals surface area contributed by atoms with Gasteiger partial charge < -0.3 is 10.2 Å². The molecule has 5 nitrogen and oxygen atoms in total. The second-order valence-corrected chi connectivity index (χ2v) is 8.76. The van der Waals surface area contributed by atoms with Crippen LogP contribution in [0.5, 0.6) is 11.5 Å². The molecule has 0 amide bonds. The molecule has 0 aliphatic heterocycles. The summed E-state index contributed by atoms with van der Waals surface area (Å²) in [6.45, 7) is 7.07. The van der Waals surface area contributed by atoms with Crippen molar-refractivity contribution in [3.63, 3.8) is 0 Å². The van der Waals surface area contributed by atoms with Crippen molar-refractivity contribution in [1.82, 2.24) is 4.98 Å². The molecule has 132 valence electrons. The minimum atomic E-state index is -0.141. The zero-order chi connectivity index (χ0) is 17.8. The first-order valence-electron chi connectivity index (χ1n) is 8.62. The Bertz CT molecular complexity index is 858. The molecule has 2 aliphatic rings. The molecular formula is C19H23N3O2S. The molecule has 1 aromatic carbocycles. The highest BCUT2D eigenvalue weighted by Gasteiger charge is 2.59. The number of thiazole rings is 1. The first-order valence-corrected chi connectivity index (χ1v) is 9.50. The molecule has 2 atom stereocenters. The summed E-state index contributed by atoms with van der Waals surface area (Å²) in [5.41, 5.74) is 6.39. The lowest BCUT2D eigenvalue weighted by atomic mass is 9.70. The number of benzene rings is 1. The van der Waals surface area contributed by atoms with Crippen LogP contribution in [0, 0.1) is 16.7 Å². The minimum Gasteiger partial charge on any atom is -0.504 e. The number of nitrogens with zero attached hydrogens (tertiary/aromatic N) is 2. The van der Waals surface area contributed by atoms with Gasteiger partial charge in [-0.2, -0.15) is 5.10 Å². The van der Waals surface area contributed by atoms with Crippen LogP contribution in [0.1, 0.15) is 40.0 Å². The smallest absolute Gasteiger partial charge is 0.203 e. The van der Waals surface area contributed by atoms with Crippen LogP contribution in [0.2, 0.25) is 0 Å². The Morgan fingerprint density at radius 2 is 2.04 bits per heavy atom. The topological polar surface area (TPSA) is 77.7 Å². The molecule has 4 rings (SSSR count). The van der Waals surface area contributed by atoms with Gasteiger partial charge in [0.25, 0.3) is 0 Å². The average molecular weight is 357 g/mol. The number of hydrazone groups is 1. The summed E-state index contributed by atoms with van der Waals surface area (Å²) in [4.78, 5) is 4.54. The van der Waals surface area contributed by atoms with Crippen molar-refractivity contribution in [2.75, 3.05) is 5.43 Å². The number of hydrogen-bond acceptors (Lipinski definition) is 6. The number of anilines is 1. The fourth-order valence-electron chi connectivity index (χ4n) is 4.35. The van der Waals surface area contributed by atoms with E-state index in [1.54, 1.807) is 6.07 Å². The van der Waals surface area contributed by atoms with Crippen molar-refractivity contribution >= 4 is 22.2 Å². The van der Waals surface area contributed by atoms with Crippen molar-refractivity contribution in [3.8, 4) is 22.8 Å². The van der Waals surface area contributed by atoms with Crippen LogP contribution < -0.4 is 5.43 Å². The molecule has 2 bridgehead atoms. The first kappa shape index (κ1) is 16.4. The lowest BCUT2D eigenvalue weighted by Gasteiger charge is -2.34. The molecule has 2 aromatic rings. The van der Waals surface area contributed by atoms with Gasteiger partial charge in [0.15, 0.2) is 11.5 Å². The number of hydrogen-bond donors (Lipinski definition) is 3. The maximum Gasteiger partial charge on any atom is 0.203 e. The van der Waals surface area contributed by atoms with Crippen LogP contribution in [-0.2, 0) is 0 Å². The largest absolute Gasteiger partial charge is 0.504 e. The van der Waals surface area contributed by atoms with E-state index in [9.17, 15) is 10.2 Å². The van der Waals surface area contributed by atoms with Gasteiger partial charge in [-0.05, 0) is 48.8 Å². The fourth-order valence-corrected chi connectivity index (χ4v) is 5.01. The number of aromatic nitrogens is 1. The standard InChI is InChI=1S/C19H23N3O2S/c1-18(2)12-6-7-19(18,3)16(9-12)21-22-17-20-13(10-25-17)11-4-5-14(23)15(24)8-11/h4-5,8,10,12,23-24H,6-7,9H2,1-3H3,(H,20,22)/b21-16-/t12-,19-/m0/s1. The van der Waals surface area contributed by atoms with Gasteiger partial charge in [-0.25, -0.2) is 4.98 Å². The van der Waals surface area contributed by atoms with E-state index >= 15 is 0 Å². The van der Waals surface area contributed by atoms with E-state index in [0.29, 0.717) is 5.41 Å². The number of rotatable bonds is 3. The lowest BCUT2D eigenvalue weighted by molar-refractivity contribution is 0.194. The Hall–Kier alpha value is -2.08. The zero-order valence-corrected chi connectivity index (χ0v) is 15.5. The van der Waals surface area contributed by atoms with Crippen molar-refractivity contribution in [2.45, 2.75) is 40.0 Å². The number of nitrogens with one attached hydrogen (secondary N) is 1. The Morgan fingerprint density at radius 3 is 2.68 bits per heavy atom. The summed E-state index contributed by atoms with van der Waals surface area (Å²) in [7, 11) is 0. The Labute approximate surface area is 151 Å². The number of aromatic hydroxyl groups is 2. The van der Waals surface area contributed by atoms with Crippen LogP contribution in [0.25, 0.3) is 11.3 Å². The summed E-state index contributed by atoms with van der Waals surface area (Å²) in [5.74, 6) is 0.457. The third kappa shape index (κ3) is 2.42. The van der Waals surface area contributed by atoms with Crippen molar-refractivity contribution in [3.05, 3.63) is 23.6 Å². The zero-order valence-electron chi connectivity index (χ0n) is 14.7. The molecule has 1 heterocycles. The van der Waals surface area contributed by atoms with Crippen LogP contribution in [0.4, 0.5) is 5.13 Å². The highest BCUT2D eigenvalue weighted by Crippen LogP contribution is 2.63. The van der Waals surface area contributed by atoms with E-state index in [4.69, 9.17) is 5.10 Å². The summed E-state index contributed by atoms with van der Waals surface area (Å²) in [6.07, 6.45) is 3.58. The van der Waals surface area contributed by atoms with Crippen molar-refractivity contribution in [1.29, 1.82) is 0 Å². The van der Waals surface area contributed by atoms with Gasteiger partial charge >= 0.3 is 0 Å². The number of phenols is 2. The molecule has 3 N–H and O–H groups in total. The monoisotopic (exact) mass is 357 g/mol. The van der Waals surface area contributed by atoms with Gasteiger partial charge in [-0.1, -0.05) is 20.8 Å². The predicted octanol–water partition coefficient (Wildman–Crippen LogP) is 4.84. The average Bonchev–Trinajstić information content (AvgIpc) is 3.18. The molecule has 0 unspecified atom stereocenters. The number of phenolic OH excluding ortho intramolecular Hbond substituents is 2. The fraction of sp³-hybridized carbons (Fsp3) is 0.474. The highest BCUT2D eigenvalue weighted by molar-refractivity contribution is 7.14. The van der Waals surface area contributed by atoms with Gasteiger partial charge in [0.05, 0.1) is 5.69 Å². The molecular weight excluding hydrogens is 334 g/mol. The lowest BCUT2D eigenvalue weighted by Crippen LogP contribution is -2.32. The van der Waals surface area contributed by atoms with Gasteiger partial charge in [-0.15, -0.1) is 11.3 Å². The minimum absolute atomic E-state index is 0.129. The van der Waals surface area contributed by atoms with E-state index in [2.05, 4.69) is 31.2 Å². The van der Waals surface area contributed by atoms with Gasteiger partial charge in [-0.3, -0.25) is 5.43 Å². The van der Waals surface area contributed by atoms with Crippen LogP contribution in [-0.4, -0.2) is 20.9 Å². The van der Waals surface area contributed by atoms with Crippen LogP contribution >= 0.6 is 11.3 Å². The summed E-state index contributed by atoms with van der Waals surface area (Å²) in [6, 6.07) is 4.72. The van der Waals surface area contributed by atoms with E-state index in [-0.39, 0.29) is 16.9 Å². The normalized spacial score (nSPS) is 28.6. The molecule has 25 heavy (non-hydrogen) atoms. The van der Waals surface area contributed by atoms with E-state index in [1.807, 2.05) is 5.38 Å². The molecule has 2 aliphatic carbocycles. The molecule has 2 saturated carbocycles. The van der Waals surface area contributed by atoms with E-state index in [0.717, 1.165) is 28.7 Å². The quantitative estimate of drug-likeness (QED) is 0.543. The van der Waals surface area contributed by atoms with E-state index < -0.39 is 0 Å². The Balaban J connectivity index is 1.54. The highest BCUT2D eigenvalue weighted by atomic mass is 32.1. The van der Waals surface area contributed by atoms with Gasteiger partial charge in [0, 0.05) is 22.1 Å². The maximum atomic E-state index is 9.64. The third-order valence-electron chi connectivity index (χ3n) is 6.57. The van der Waals surface area contributed by atoms with Gasteiger partial charge in [0.2, 0.25) is 5.13 Å². The summed E-state index contributed by atoms with van der Waals surface area (Å²) >= 11 is 1.48. The third-order valence-corrected chi connectivity index (χ3v) is 7.32. The SMILES string of the molecule is CC1(C)[C@H]2CC[C@@]1(C)/C(=N\Nc1nc(-c3ccc(O)c(O)c3)cs1)C2. The van der Waals surface area contributed by atoms with Crippen molar-refractivity contribution in [2.24, 2.45) is 21.8 Å². The summed E-state index contributed by atoms with van der Waals surface area (Å²) < 4.78 is 0. The first-order chi connectivity index (χ1) is 11.8. The second kappa shape index (κ2) is 5.46.